The van der Waals surface area contributed by atoms with Gasteiger partial charge in [0.05, 0.1) is 18.2 Å². The summed E-state index contributed by atoms with van der Waals surface area (Å²) in [7, 11) is 0. The average molecular weight is 413 g/mol. The third-order valence-electron chi connectivity index (χ3n) is 5.01. The van der Waals surface area contributed by atoms with Gasteiger partial charge in [0, 0.05) is 17.7 Å². The zero-order valence-corrected chi connectivity index (χ0v) is 18.4. The van der Waals surface area contributed by atoms with Gasteiger partial charge in [-0.15, -0.1) is 0 Å². The van der Waals surface area contributed by atoms with Crippen molar-refractivity contribution in [2.75, 3.05) is 11.9 Å². The van der Waals surface area contributed by atoms with Crippen molar-refractivity contribution in [3.63, 3.8) is 0 Å². The lowest BCUT2D eigenvalue weighted by molar-refractivity contribution is 0.0525. The fourth-order valence-electron chi connectivity index (χ4n) is 3.62. The standard InChI is InChI=1S/C23H28N2O3S/c1-6-27-21(26)16-8-7-9-18(15(16)3)24-22(29)25-19-13-23(4,5)28-20-11-10-14(2)12-17(19)20/h7-12,19H,6,13H2,1-5H3,(H2,24,25,29)/t19-/m0/s1. The number of thiocarbonyl (C=S) groups is 1. The number of nitrogens with one attached hydrogen (secondary N) is 2. The Balaban J connectivity index is 1.79. The van der Waals surface area contributed by atoms with Gasteiger partial charge in [-0.2, -0.15) is 0 Å². The lowest BCUT2D eigenvalue weighted by atomic mass is 9.89. The molecule has 1 heterocycles. The summed E-state index contributed by atoms with van der Waals surface area (Å²) in [6, 6.07) is 11.7. The van der Waals surface area contributed by atoms with E-state index in [1.807, 2.05) is 25.1 Å². The highest BCUT2D eigenvalue weighted by Crippen LogP contribution is 2.39. The fraction of sp³-hybridized carbons (Fsp3) is 0.391. The number of rotatable bonds is 4. The van der Waals surface area contributed by atoms with Crippen molar-refractivity contribution in [1.29, 1.82) is 0 Å². The van der Waals surface area contributed by atoms with Crippen LogP contribution >= 0.6 is 12.2 Å². The van der Waals surface area contributed by atoms with Crippen LogP contribution in [0.3, 0.4) is 0 Å². The van der Waals surface area contributed by atoms with Crippen molar-refractivity contribution < 1.29 is 14.3 Å². The van der Waals surface area contributed by atoms with Gasteiger partial charge in [-0.05, 0) is 70.6 Å². The molecule has 154 valence electrons. The van der Waals surface area contributed by atoms with E-state index in [1.54, 1.807) is 13.0 Å². The molecule has 2 aromatic rings. The number of fused-ring (bicyclic) bond motifs is 1. The molecular weight excluding hydrogens is 384 g/mol. The summed E-state index contributed by atoms with van der Waals surface area (Å²) >= 11 is 5.59. The Kier molecular flexibility index (Phi) is 6.13. The van der Waals surface area contributed by atoms with Crippen LogP contribution in [0.25, 0.3) is 0 Å². The molecule has 0 fully saturated rings. The van der Waals surface area contributed by atoms with Crippen LogP contribution in [0.2, 0.25) is 0 Å². The number of carbonyl (C=O) groups is 1. The highest BCUT2D eigenvalue weighted by atomic mass is 32.1. The molecule has 1 aliphatic heterocycles. The molecular formula is C23H28N2O3S. The van der Waals surface area contributed by atoms with Crippen LogP contribution < -0.4 is 15.4 Å². The van der Waals surface area contributed by atoms with Crippen molar-refractivity contribution in [3.05, 3.63) is 58.7 Å². The van der Waals surface area contributed by atoms with E-state index < -0.39 is 0 Å². The summed E-state index contributed by atoms with van der Waals surface area (Å²) in [5.74, 6) is 0.552. The first-order valence-corrected chi connectivity index (χ1v) is 10.2. The Morgan fingerprint density at radius 3 is 2.76 bits per heavy atom. The van der Waals surface area contributed by atoms with Crippen LogP contribution in [0.5, 0.6) is 5.75 Å². The third kappa shape index (κ3) is 4.88. The highest BCUT2D eigenvalue weighted by Gasteiger charge is 2.34. The van der Waals surface area contributed by atoms with E-state index in [-0.39, 0.29) is 17.6 Å². The largest absolute Gasteiger partial charge is 0.487 e. The summed E-state index contributed by atoms with van der Waals surface area (Å²) in [6.07, 6.45) is 0.785. The van der Waals surface area contributed by atoms with Gasteiger partial charge in [0.1, 0.15) is 11.4 Å². The topological polar surface area (TPSA) is 59.6 Å². The van der Waals surface area contributed by atoms with E-state index in [0.29, 0.717) is 17.3 Å². The van der Waals surface area contributed by atoms with Gasteiger partial charge >= 0.3 is 5.97 Å². The first kappa shape index (κ1) is 21.1. The molecule has 2 N–H and O–H groups in total. The van der Waals surface area contributed by atoms with E-state index in [0.717, 1.165) is 29.0 Å². The predicted octanol–water partition coefficient (Wildman–Crippen LogP) is 5.07. The molecule has 5 nitrogen and oxygen atoms in total. The molecule has 0 spiro atoms. The van der Waals surface area contributed by atoms with E-state index >= 15 is 0 Å². The van der Waals surface area contributed by atoms with Crippen LogP contribution in [0.15, 0.2) is 36.4 Å². The molecule has 1 aliphatic rings. The maximum atomic E-state index is 12.1. The Morgan fingerprint density at radius 2 is 2.03 bits per heavy atom. The van der Waals surface area contributed by atoms with Crippen molar-refractivity contribution >= 4 is 29.0 Å². The monoisotopic (exact) mass is 412 g/mol. The molecule has 0 bridgehead atoms. The zero-order chi connectivity index (χ0) is 21.2. The van der Waals surface area contributed by atoms with Crippen LogP contribution in [-0.4, -0.2) is 23.3 Å². The summed E-state index contributed by atoms with van der Waals surface area (Å²) in [5.41, 5.74) is 4.10. The van der Waals surface area contributed by atoms with E-state index in [2.05, 4.69) is 43.5 Å². The van der Waals surface area contributed by atoms with Gasteiger partial charge in [-0.1, -0.05) is 23.8 Å². The van der Waals surface area contributed by atoms with Crippen LogP contribution in [-0.2, 0) is 4.74 Å². The normalized spacial score (nSPS) is 16.9. The van der Waals surface area contributed by atoms with Gasteiger partial charge in [0.2, 0.25) is 0 Å². The first-order chi connectivity index (χ1) is 13.7. The number of hydrogen-bond donors (Lipinski definition) is 2. The molecule has 29 heavy (non-hydrogen) atoms. The number of aryl methyl sites for hydroxylation is 1. The van der Waals surface area contributed by atoms with Gasteiger partial charge < -0.3 is 20.1 Å². The second-order valence-corrected chi connectivity index (χ2v) is 8.37. The molecule has 3 rings (SSSR count). The lowest BCUT2D eigenvalue weighted by Gasteiger charge is -2.38. The third-order valence-corrected chi connectivity index (χ3v) is 5.23. The number of anilines is 1. The van der Waals surface area contributed by atoms with Crippen molar-refractivity contribution in [3.8, 4) is 5.75 Å². The molecule has 0 radical (unpaired) electrons. The maximum absolute atomic E-state index is 12.1. The molecule has 0 aliphatic carbocycles. The Labute approximate surface area is 177 Å². The summed E-state index contributed by atoms with van der Waals surface area (Å²) in [6.45, 7) is 10.2. The average Bonchev–Trinajstić information content (AvgIpc) is 2.63. The number of hydrogen-bond acceptors (Lipinski definition) is 4. The van der Waals surface area contributed by atoms with Gasteiger partial charge in [-0.3, -0.25) is 0 Å². The number of carbonyl (C=O) groups excluding carboxylic acids is 1. The zero-order valence-electron chi connectivity index (χ0n) is 17.6. The number of ether oxygens (including phenoxy) is 2. The van der Waals surface area contributed by atoms with E-state index in [1.165, 1.54) is 5.56 Å². The molecule has 0 amide bonds. The van der Waals surface area contributed by atoms with Crippen LogP contribution in [0, 0.1) is 13.8 Å². The van der Waals surface area contributed by atoms with Crippen molar-refractivity contribution in [2.24, 2.45) is 0 Å². The molecule has 0 saturated heterocycles. The second kappa shape index (κ2) is 8.41. The SMILES string of the molecule is CCOC(=O)c1cccc(NC(=S)N[C@H]2CC(C)(C)Oc3ccc(C)cc32)c1C. The summed E-state index contributed by atoms with van der Waals surface area (Å²) in [5, 5.41) is 7.17. The lowest BCUT2D eigenvalue weighted by Crippen LogP contribution is -2.42. The minimum atomic E-state index is -0.330. The summed E-state index contributed by atoms with van der Waals surface area (Å²) < 4.78 is 11.3. The molecule has 6 heteroatoms. The number of esters is 1. The first-order valence-electron chi connectivity index (χ1n) is 9.84. The quantitative estimate of drug-likeness (QED) is 0.540. The Bertz CT molecular complexity index is 940. The van der Waals surface area contributed by atoms with E-state index in [9.17, 15) is 4.79 Å². The summed E-state index contributed by atoms with van der Waals surface area (Å²) in [4.78, 5) is 12.1. The maximum Gasteiger partial charge on any atom is 0.338 e. The van der Waals surface area contributed by atoms with Gasteiger partial charge in [0.15, 0.2) is 5.11 Å². The molecule has 0 saturated carbocycles. The molecule has 2 aromatic carbocycles. The minimum absolute atomic E-state index is 0.0298. The molecule has 0 aromatic heterocycles. The molecule has 1 atom stereocenters. The fourth-order valence-corrected chi connectivity index (χ4v) is 3.87. The molecule has 0 unspecified atom stereocenters. The predicted molar refractivity (Wildman–Crippen MR) is 120 cm³/mol. The van der Waals surface area contributed by atoms with Crippen LogP contribution in [0.1, 0.15) is 60.3 Å². The Morgan fingerprint density at radius 1 is 1.28 bits per heavy atom. The smallest absolute Gasteiger partial charge is 0.338 e. The van der Waals surface area contributed by atoms with Gasteiger partial charge in [-0.25, -0.2) is 4.79 Å². The van der Waals surface area contributed by atoms with Crippen LogP contribution in [0.4, 0.5) is 5.69 Å². The Hall–Kier alpha value is -2.60. The highest BCUT2D eigenvalue weighted by molar-refractivity contribution is 7.80. The minimum Gasteiger partial charge on any atom is -0.487 e. The van der Waals surface area contributed by atoms with Crippen molar-refractivity contribution in [2.45, 2.75) is 52.7 Å². The van der Waals surface area contributed by atoms with E-state index in [4.69, 9.17) is 21.7 Å². The number of benzene rings is 2. The van der Waals surface area contributed by atoms with Crippen molar-refractivity contribution in [1.82, 2.24) is 5.32 Å². The van der Waals surface area contributed by atoms with Gasteiger partial charge in [0.25, 0.3) is 0 Å². The second-order valence-electron chi connectivity index (χ2n) is 7.96.